The number of hydrogen-bond acceptors (Lipinski definition) is 1. The van der Waals surface area contributed by atoms with Gasteiger partial charge in [-0.2, -0.15) is 0 Å². The molecule has 5 heteroatoms. The molecule has 0 spiro atoms. The summed E-state index contributed by atoms with van der Waals surface area (Å²) in [5.74, 6) is 0. The fourth-order valence-corrected chi connectivity index (χ4v) is 0. The molecule has 0 aromatic rings. The van der Waals surface area contributed by atoms with E-state index in [0.717, 1.165) is 0 Å². The summed E-state index contributed by atoms with van der Waals surface area (Å²) < 4.78 is 0. The third-order valence-corrected chi connectivity index (χ3v) is 0. The van der Waals surface area contributed by atoms with E-state index in [1.165, 1.54) is 7.05 Å². The first kappa shape index (κ1) is 11.2. The van der Waals surface area contributed by atoms with Crippen molar-refractivity contribution in [2.45, 2.75) is 0 Å². The molecule has 0 saturated carbocycles. The van der Waals surface area contributed by atoms with Gasteiger partial charge in [-0.3, -0.25) is 0 Å². The second-order valence-electron chi connectivity index (χ2n) is 0.247. The van der Waals surface area contributed by atoms with Gasteiger partial charge in [0.15, 0.2) is 0 Å². The van der Waals surface area contributed by atoms with E-state index in [2.05, 4.69) is 35.5 Å². The Morgan fingerprint density at radius 2 is 1.83 bits per heavy atom. The molecule has 2 N–H and O–H groups in total. The number of hydrogen-bond donors (Lipinski definition) is 1. The summed E-state index contributed by atoms with van der Waals surface area (Å²) in [7, 11) is 6.90. The van der Waals surface area contributed by atoms with Crippen molar-refractivity contribution < 1.29 is 0 Å². The first-order chi connectivity index (χ1) is 2.73. The van der Waals surface area contributed by atoms with Crippen LogP contribution in [0.25, 0.3) is 0 Å². The summed E-state index contributed by atoms with van der Waals surface area (Å²) in [6.07, 6.45) is 0. The van der Waals surface area contributed by atoms with Crippen LogP contribution in [-0.4, -0.2) is 21.8 Å². The Balaban J connectivity index is 0. The van der Waals surface area contributed by atoms with Crippen LogP contribution >= 0.6 is 38.1 Å². The second kappa shape index (κ2) is 10.4. The van der Waals surface area contributed by atoms with E-state index in [4.69, 9.17) is 8.32 Å². The van der Waals surface area contributed by atoms with Gasteiger partial charge >= 0.3 is 52.8 Å². The predicted molar refractivity (Wildman–Crippen MR) is 46.1 cm³/mol. The normalized spacial score (nSPS) is 11.5. The van der Waals surface area contributed by atoms with Crippen LogP contribution in [0.3, 0.4) is 0 Å². The Bertz CT molecular complexity index is 20.3. The second-order valence-corrected chi connectivity index (χ2v) is 51.1. The van der Waals surface area contributed by atoms with E-state index in [0.29, 0.717) is 0 Å². The topological polar surface area (TPSA) is 26.0 Å². The predicted octanol–water partition coefficient (Wildman–Crippen LogP) is 1.35. The van der Waals surface area contributed by atoms with Gasteiger partial charge in [0.2, 0.25) is 0 Å². The number of nitrogens with two attached hydrogens (primary N) is 1. The third kappa shape index (κ3) is 32.6. The summed E-state index contributed by atoms with van der Waals surface area (Å²) in [5, 5.41) is 0. The molecule has 0 radical (unpaired) electrons. The first-order valence-corrected chi connectivity index (χ1v) is 29.1. The molecule has 0 fully saturated rings. The van der Waals surface area contributed by atoms with Crippen molar-refractivity contribution in [3.63, 3.8) is 0 Å². The van der Waals surface area contributed by atoms with Crippen LogP contribution in [0.15, 0.2) is 0 Å². The number of rotatable bonds is 0. The molecule has 0 rings (SSSR count). The van der Waals surface area contributed by atoms with Crippen molar-refractivity contribution in [2.75, 3.05) is 7.05 Å². The quantitative estimate of drug-likeness (QED) is 0.410. The maximum absolute atomic E-state index is 5.40. The molecule has 0 bridgehead atoms. The Labute approximate surface area is 64.3 Å². The van der Waals surface area contributed by atoms with E-state index >= 15 is 0 Å². The van der Waals surface area contributed by atoms with Crippen LogP contribution in [0.5, 0.6) is 0 Å². The van der Waals surface area contributed by atoms with Gasteiger partial charge in [0, 0.05) is 0 Å². The zero-order chi connectivity index (χ0) is 5.58. The van der Waals surface area contributed by atoms with Gasteiger partial charge in [-0.25, -0.2) is 0 Å². The van der Waals surface area contributed by atoms with Gasteiger partial charge in [-0.15, -0.1) is 0 Å². The van der Waals surface area contributed by atoms with Gasteiger partial charge < -0.3 is 5.73 Å². The first-order valence-electron chi connectivity index (χ1n) is 1.23. The van der Waals surface area contributed by atoms with E-state index in [-0.39, 0.29) is 0 Å². The zero-order valence-corrected chi connectivity index (χ0v) is 12.3. The summed E-state index contributed by atoms with van der Waals surface area (Å²) >= 11 is 4.03. The molecule has 0 aliphatic carbocycles. The molecular weight excluding hydrogens is 475 g/mol. The van der Waals surface area contributed by atoms with Crippen molar-refractivity contribution in [1.29, 1.82) is 0 Å². The number of halogens is 3. The molecule has 0 aromatic carbocycles. The fourth-order valence-electron chi connectivity index (χ4n) is 0. The van der Waals surface area contributed by atoms with Crippen LogP contribution in [-0.2, 0) is 0 Å². The van der Waals surface area contributed by atoms with Crippen molar-refractivity contribution >= 4 is 52.8 Å². The van der Waals surface area contributed by atoms with Crippen LogP contribution in [0.2, 0.25) is 0 Å². The Morgan fingerprint density at radius 1 is 1.83 bits per heavy atom. The van der Waals surface area contributed by atoms with E-state index < -0.39 is 14.8 Å². The molecule has 0 aliphatic heterocycles. The molecule has 6 heavy (non-hydrogen) atoms. The summed E-state index contributed by atoms with van der Waals surface area (Å²) in [4.78, 5) is 0. The van der Waals surface area contributed by atoms with Gasteiger partial charge in [-0.05, 0) is 7.05 Å². The molecule has 1 nitrogen and oxygen atoms in total. The van der Waals surface area contributed by atoms with Crippen molar-refractivity contribution in [1.82, 2.24) is 0 Å². The summed E-state index contributed by atoms with van der Waals surface area (Å²) in [6, 6.07) is 0. The van der Waals surface area contributed by atoms with Gasteiger partial charge in [0.25, 0.3) is 0 Å². The Kier molecular flexibility index (Phi) is 19.4. The van der Waals surface area contributed by atoms with E-state index in [9.17, 15) is 0 Å². The third-order valence-electron chi connectivity index (χ3n) is 0. The summed E-state index contributed by atoms with van der Waals surface area (Å²) in [5.41, 5.74) is 4.50. The van der Waals surface area contributed by atoms with Crippen LogP contribution in [0, 0.1) is 0 Å². The fraction of sp³-hybridized carbons (Fsp3) is 1.00. The molecule has 40 valence electrons. The summed E-state index contributed by atoms with van der Waals surface area (Å²) in [6.45, 7) is 0. The Morgan fingerprint density at radius 3 is 1.83 bits per heavy atom. The molecule has 0 amide bonds. The Hall–Kier alpha value is 2.38. The van der Waals surface area contributed by atoms with Gasteiger partial charge in [0.1, 0.15) is 0 Å². The molecule has 0 heterocycles. The van der Waals surface area contributed by atoms with Gasteiger partial charge in [-0.1, -0.05) is 0 Å². The standard InChI is InChI=1S/CH5N.BrH.ClH.HI.Pb.H/c1-2;;;;;/h2H2,1H3;3*1H;;/q;;;;+3;/p-3. The van der Waals surface area contributed by atoms with E-state index in [1.54, 1.807) is 0 Å². The zero-order valence-electron chi connectivity index (χ0n) is 3.29. The molecule has 1 atom stereocenters. The average Bonchev–Trinajstić information content (AvgIpc) is 1.41. The van der Waals surface area contributed by atoms with E-state index in [1.807, 2.05) is 0 Å². The minimum absolute atomic E-state index is 1.47. The van der Waals surface area contributed by atoms with Crippen molar-refractivity contribution in [3.8, 4) is 0 Å². The van der Waals surface area contributed by atoms with Gasteiger partial charge in [0.05, 0.1) is 0 Å². The molecular formula is CH6BrClINPb. The van der Waals surface area contributed by atoms with Crippen LogP contribution in [0.4, 0.5) is 0 Å². The maximum atomic E-state index is 5.40. The monoisotopic (exact) mass is 481 g/mol. The minimum atomic E-state index is -1.47. The van der Waals surface area contributed by atoms with Crippen LogP contribution in [0.1, 0.15) is 0 Å². The van der Waals surface area contributed by atoms with Crippen molar-refractivity contribution in [2.24, 2.45) is 5.73 Å². The van der Waals surface area contributed by atoms with Crippen LogP contribution < -0.4 is 5.73 Å². The molecule has 0 aliphatic rings. The average molecular weight is 482 g/mol. The SMILES string of the molecule is CN.[Cl][PbH]([Br])[I]. The van der Waals surface area contributed by atoms with Crippen molar-refractivity contribution in [3.05, 3.63) is 0 Å². The molecule has 0 aromatic heterocycles. The molecule has 0 saturated heterocycles. The molecule has 1 unspecified atom stereocenters.